The van der Waals surface area contributed by atoms with Gasteiger partial charge in [0, 0.05) is 25.0 Å². The zero-order chi connectivity index (χ0) is 21.0. The van der Waals surface area contributed by atoms with Gasteiger partial charge in [0.15, 0.2) is 0 Å². The molecular formula is C23H30N4O2. The maximum Gasteiger partial charge on any atom is 0.318 e. The van der Waals surface area contributed by atoms with Gasteiger partial charge in [-0.1, -0.05) is 17.7 Å². The molecule has 2 aromatic heterocycles. The van der Waals surface area contributed by atoms with Crippen molar-refractivity contribution < 1.29 is 9.21 Å². The van der Waals surface area contributed by atoms with Crippen LogP contribution >= 0.6 is 0 Å². The fourth-order valence-electron chi connectivity index (χ4n) is 3.56. The van der Waals surface area contributed by atoms with Crippen molar-refractivity contribution >= 4 is 6.03 Å². The van der Waals surface area contributed by atoms with Crippen molar-refractivity contribution in [2.75, 3.05) is 0 Å². The summed E-state index contributed by atoms with van der Waals surface area (Å²) < 4.78 is 7.57. The van der Waals surface area contributed by atoms with Crippen LogP contribution in [0.4, 0.5) is 4.79 Å². The molecule has 6 heteroatoms. The summed E-state index contributed by atoms with van der Waals surface area (Å²) in [4.78, 5) is 19.0. The Morgan fingerprint density at radius 3 is 2.55 bits per heavy atom. The number of aromatic nitrogens is 2. The van der Waals surface area contributed by atoms with Crippen LogP contribution in [-0.4, -0.2) is 26.5 Å². The highest BCUT2D eigenvalue weighted by Crippen LogP contribution is 2.19. The lowest BCUT2D eigenvalue weighted by atomic mass is 10.00. The van der Waals surface area contributed by atoms with Crippen LogP contribution in [0.3, 0.4) is 0 Å². The van der Waals surface area contributed by atoms with Crippen LogP contribution < -0.4 is 5.32 Å². The molecule has 0 saturated carbocycles. The number of nitrogens with one attached hydrogen (secondary N) is 1. The Morgan fingerprint density at radius 1 is 1.21 bits per heavy atom. The quantitative estimate of drug-likeness (QED) is 0.638. The molecule has 2 amide bonds. The molecule has 1 aromatic carbocycles. The molecule has 0 saturated heterocycles. The molecular weight excluding hydrogens is 364 g/mol. The first-order chi connectivity index (χ1) is 13.8. The second-order valence-electron chi connectivity index (χ2n) is 7.89. The zero-order valence-corrected chi connectivity index (χ0v) is 17.9. The SMILES string of the molecule is Cc1cc(C)c(Cn2ccnc2CN(Cc2ccco2)C(=O)NC(C)C)c(C)c1. The Morgan fingerprint density at radius 2 is 1.93 bits per heavy atom. The standard InChI is InChI=1S/C23H30N4O2/c1-16(2)25-23(28)27(13-20-7-6-10-29-20)15-22-24-8-9-26(22)14-21-18(4)11-17(3)12-19(21)5/h6-12,16H,13-15H2,1-5H3,(H,25,28). The topological polar surface area (TPSA) is 63.3 Å². The van der Waals surface area contributed by atoms with Gasteiger partial charge in [0.2, 0.25) is 0 Å². The van der Waals surface area contributed by atoms with Gasteiger partial charge in [0.05, 0.1) is 19.4 Å². The van der Waals surface area contributed by atoms with E-state index in [0.29, 0.717) is 13.1 Å². The van der Waals surface area contributed by atoms with Crippen molar-refractivity contribution in [2.24, 2.45) is 0 Å². The minimum absolute atomic E-state index is 0.0548. The number of hydrogen-bond donors (Lipinski definition) is 1. The van der Waals surface area contributed by atoms with Crippen LogP contribution in [0.15, 0.2) is 47.3 Å². The Kier molecular flexibility index (Phi) is 6.42. The van der Waals surface area contributed by atoms with Crippen LogP contribution in [0.5, 0.6) is 0 Å². The first-order valence-electron chi connectivity index (χ1n) is 9.98. The van der Waals surface area contributed by atoms with E-state index in [4.69, 9.17) is 4.42 Å². The van der Waals surface area contributed by atoms with Gasteiger partial charge >= 0.3 is 6.03 Å². The van der Waals surface area contributed by atoms with Crippen molar-refractivity contribution in [3.63, 3.8) is 0 Å². The molecule has 0 aliphatic heterocycles. The molecule has 3 aromatic rings. The summed E-state index contributed by atoms with van der Waals surface area (Å²) in [5, 5.41) is 2.97. The minimum Gasteiger partial charge on any atom is -0.467 e. The highest BCUT2D eigenvalue weighted by molar-refractivity contribution is 5.74. The van der Waals surface area contributed by atoms with E-state index in [-0.39, 0.29) is 12.1 Å². The fourth-order valence-corrected chi connectivity index (χ4v) is 3.56. The van der Waals surface area contributed by atoms with Crippen LogP contribution in [0.1, 0.15) is 47.7 Å². The number of nitrogens with zero attached hydrogens (tertiary/aromatic N) is 3. The molecule has 0 fully saturated rings. The molecule has 1 N–H and O–H groups in total. The lowest BCUT2D eigenvalue weighted by Gasteiger charge is -2.24. The molecule has 154 valence electrons. The van der Waals surface area contributed by atoms with E-state index in [1.165, 1.54) is 22.3 Å². The largest absolute Gasteiger partial charge is 0.467 e. The number of aryl methyl sites for hydroxylation is 3. The molecule has 0 aliphatic carbocycles. The maximum atomic E-state index is 12.8. The van der Waals surface area contributed by atoms with Crippen molar-refractivity contribution in [1.82, 2.24) is 19.8 Å². The molecule has 6 nitrogen and oxygen atoms in total. The highest BCUT2D eigenvalue weighted by Gasteiger charge is 2.19. The van der Waals surface area contributed by atoms with Crippen molar-refractivity contribution in [3.8, 4) is 0 Å². The number of furan rings is 1. The summed E-state index contributed by atoms with van der Waals surface area (Å²) in [7, 11) is 0. The summed E-state index contributed by atoms with van der Waals surface area (Å²) in [5.41, 5.74) is 5.10. The third-order valence-corrected chi connectivity index (χ3v) is 4.93. The van der Waals surface area contributed by atoms with E-state index < -0.39 is 0 Å². The second-order valence-corrected chi connectivity index (χ2v) is 7.89. The smallest absolute Gasteiger partial charge is 0.318 e. The van der Waals surface area contributed by atoms with Crippen LogP contribution in [0.25, 0.3) is 0 Å². The van der Waals surface area contributed by atoms with Crippen molar-refractivity contribution in [1.29, 1.82) is 0 Å². The third-order valence-electron chi connectivity index (χ3n) is 4.93. The van der Waals surface area contributed by atoms with E-state index in [2.05, 4.69) is 47.8 Å². The van der Waals surface area contributed by atoms with Crippen LogP contribution in [0, 0.1) is 20.8 Å². The average molecular weight is 395 g/mol. The Balaban J connectivity index is 1.82. The Labute approximate surface area is 172 Å². The number of hydrogen-bond acceptors (Lipinski definition) is 3. The Hall–Kier alpha value is -3.02. The van der Waals surface area contributed by atoms with E-state index in [1.807, 2.05) is 32.2 Å². The summed E-state index contributed by atoms with van der Waals surface area (Å²) in [6.07, 6.45) is 5.39. The number of carbonyl (C=O) groups is 1. The van der Waals surface area contributed by atoms with Gasteiger partial charge in [-0.15, -0.1) is 0 Å². The number of benzene rings is 1. The van der Waals surface area contributed by atoms with Gasteiger partial charge < -0.3 is 19.2 Å². The minimum atomic E-state index is -0.131. The van der Waals surface area contributed by atoms with Gasteiger partial charge in [-0.25, -0.2) is 9.78 Å². The average Bonchev–Trinajstić information content (AvgIpc) is 3.29. The second kappa shape index (κ2) is 8.99. The van der Waals surface area contributed by atoms with Gasteiger partial charge in [-0.3, -0.25) is 0 Å². The van der Waals surface area contributed by atoms with Gasteiger partial charge in [0.25, 0.3) is 0 Å². The third kappa shape index (κ3) is 5.28. The summed E-state index contributed by atoms with van der Waals surface area (Å²) in [6, 6.07) is 8.04. The first kappa shape index (κ1) is 20.7. The first-order valence-corrected chi connectivity index (χ1v) is 9.98. The normalized spacial score (nSPS) is 11.1. The molecule has 29 heavy (non-hydrogen) atoms. The summed E-state index contributed by atoms with van der Waals surface area (Å²) in [6.45, 7) is 11.8. The Bertz CT molecular complexity index is 934. The monoisotopic (exact) mass is 394 g/mol. The number of imidazole rings is 1. The molecule has 0 atom stereocenters. The number of rotatable bonds is 7. The number of urea groups is 1. The predicted octanol–water partition coefficient (Wildman–Crippen LogP) is 4.57. The molecule has 0 unspecified atom stereocenters. The molecule has 0 spiro atoms. The van der Waals surface area contributed by atoms with Gasteiger partial charge in [-0.2, -0.15) is 0 Å². The molecule has 0 aliphatic rings. The van der Waals surface area contributed by atoms with E-state index in [9.17, 15) is 4.79 Å². The van der Waals surface area contributed by atoms with Crippen LogP contribution in [-0.2, 0) is 19.6 Å². The van der Waals surface area contributed by atoms with Gasteiger partial charge in [0.1, 0.15) is 11.6 Å². The molecule has 3 rings (SSSR count). The maximum absolute atomic E-state index is 12.8. The predicted molar refractivity (Wildman–Crippen MR) is 114 cm³/mol. The number of carbonyl (C=O) groups excluding carboxylic acids is 1. The van der Waals surface area contributed by atoms with Crippen molar-refractivity contribution in [3.05, 3.63) is 76.8 Å². The molecule has 0 radical (unpaired) electrons. The van der Waals surface area contributed by atoms with Crippen molar-refractivity contribution in [2.45, 2.75) is 60.3 Å². The molecule has 2 heterocycles. The summed E-state index contributed by atoms with van der Waals surface area (Å²) >= 11 is 0. The lowest BCUT2D eigenvalue weighted by Crippen LogP contribution is -2.42. The van der Waals surface area contributed by atoms with Crippen LogP contribution in [0.2, 0.25) is 0 Å². The molecule has 0 bridgehead atoms. The summed E-state index contributed by atoms with van der Waals surface area (Å²) in [5.74, 6) is 1.59. The number of amides is 2. The zero-order valence-electron chi connectivity index (χ0n) is 17.9. The lowest BCUT2D eigenvalue weighted by molar-refractivity contribution is 0.182. The van der Waals surface area contributed by atoms with E-state index in [1.54, 1.807) is 17.4 Å². The van der Waals surface area contributed by atoms with E-state index >= 15 is 0 Å². The highest BCUT2D eigenvalue weighted by atomic mass is 16.3. The van der Waals surface area contributed by atoms with Gasteiger partial charge in [-0.05, 0) is 63.4 Å². The van der Waals surface area contributed by atoms with E-state index in [0.717, 1.165) is 18.1 Å². The fraction of sp³-hybridized carbons (Fsp3) is 0.391.